The van der Waals surface area contributed by atoms with Crippen molar-refractivity contribution in [2.24, 2.45) is 0 Å². The Bertz CT molecular complexity index is 1310. The molecule has 0 saturated carbocycles. The second-order valence-corrected chi connectivity index (χ2v) is 13.3. The molecule has 11 heteroatoms. The summed E-state index contributed by atoms with van der Waals surface area (Å²) in [4.78, 5) is 22.2. The Morgan fingerprint density at radius 2 is 1.82 bits per heavy atom. The van der Waals surface area contributed by atoms with Gasteiger partial charge in [-0.15, -0.1) is 11.3 Å². The molecule has 1 amide bonds. The van der Waals surface area contributed by atoms with Crippen LogP contribution in [0.5, 0.6) is 0 Å². The molecule has 176 valence electrons. The molecule has 2 aromatic heterocycles. The van der Waals surface area contributed by atoms with E-state index in [1.54, 1.807) is 22.3 Å². The van der Waals surface area contributed by atoms with Crippen LogP contribution in [0.15, 0.2) is 28.5 Å². The predicted molar refractivity (Wildman–Crippen MR) is 134 cm³/mol. The van der Waals surface area contributed by atoms with Crippen molar-refractivity contribution in [3.8, 4) is 0 Å². The highest BCUT2D eigenvalue weighted by molar-refractivity contribution is 7.91. The van der Waals surface area contributed by atoms with E-state index in [2.05, 4.69) is 30.9 Å². The Balaban J connectivity index is 1.28. The number of fused-ring (bicyclic) bond motifs is 1. The number of sulfonamides is 1. The largest absolute Gasteiger partial charge is 0.345 e. The van der Waals surface area contributed by atoms with Crippen LogP contribution in [0.25, 0.3) is 10.2 Å². The monoisotopic (exact) mass is 524 g/mol. The van der Waals surface area contributed by atoms with Crippen molar-refractivity contribution in [1.29, 1.82) is 0 Å². The lowest BCUT2D eigenvalue weighted by Crippen LogP contribution is -2.54. The number of anilines is 1. The van der Waals surface area contributed by atoms with Gasteiger partial charge in [0.1, 0.15) is 10.3 Å². The molecule has 0 bridgehead atoms. The maximum absolute atomic E-state index is 13.3. The number of rotatable bonds is 4. The summed E-state index contributed by atoms with van der Waals surface area (Å²) in [5, 5.41) is 0.977. The first-order valence-corrected chi connectivity index (χ1v) is 14.4. The number of aryl methyl sites for hydroxylation is 2. The molecule has 7 nitrogen and oxygen atoms in total. The van der Waals surface area contributed by atoms with E-state index in [1.165, 1.54) is 26.2 Å². The summed E-state index contributed by atoms with van der Waals surface area (Å²) in [7, 11) is -3.73. The zero-order valence-corrected chi connectivity index (χ0v) is 21.7. The third kappa shape index (κ3) is 4.16. The summed E-state index contributed by atoms with van der Waals surface area (Å²) in [5.41, 5.74) is 3.49. The zero-order chi connectivity index (χ0) is 23.3. The van der Waals surface area contributed by atoms with E-state index in [0.717, 1.165) is 22.0 Å². The van der Waals surface area contributed by atoms with Gasteiger partial charge in [0.2, 0.25) is 5.91 Å². The number of amides is 1. The summed E-state index contributed by atoms with van der Waals surface area (Å²) >= 11 is 8.66. The highest BCUT2D eigenvalue weighted by Gasteiger charge is 2.42. The summed E-state index contributed by atoms with van der Waals surface area (Å²) in [6, 6.07) is 6.70. The standard InChI is InChI=1S/C22H25ClN4O3S3/c1-14-5-6-17-20(15(14)2)24-22(31-17)26-12-10-25(11-13-26)21(28)16-4-3-9-27(16)33(29,30)19-8-7-18(23)32-19/h5-8,16H,3-4,9-13H2,1-2H3/t16-/m1/s1. The molecule has 0 N–H and O–H groups in total. The number of hydrogen-bond donors (Lipinski definition) is 0. The van der Waals surface area contributed by atoms with Gasteiger partial charge in [-0.3, -0.25) is 4.79 Å². The lowest BCUT2D eigenvalue weighted by molar-refractivity contribution is -0.134. The van der Waals surface area contributed by atoms with Gasteiger partial charge in [0, 0.05) is 32.7 Å². The molecule has 4 heterocycles. The Morgan fingerprint density at radius 1 is 1.06 bits per heavy atom. The van der Waals surface area contributed by atoms with Crippen molar-refractivity contribution in [2.45, 2.75) is 36.9 Å². The third-order valence-corrected chi connectivity index (χ3v) is 11.2. The first kappa shape index (κ1) is 23.0. The number of carbonyl (C=O) groups excluding carboxylic acids is 1. The number of piperazine rings is 1. The lowest BCUT2D eigenvalue weighted by atomic mass is 10.1. The van der Waals surface area contributed by atoms with Gasteiger partial charge >= 0.3 is 0 Å². The minimum Gasteiger partial charge on any atom is -0.345 e. The SMILES string of the molecule is Cc1ccc2sc(N3CCN(C(=O)[C@H]4CCCN4S(=O)(=O)c4ccc(Cl)s4)CC3)nc2c1C. The second-order valence-electron chi connectivity index (χ2n) is 8.50. The molecule has 33 heavy (non-hydrogen) atoms. The van der Waals surface area contributed by atoms with Crippen molar-refractivity contribution < 1.29 is 13.2 Å². The molecule has 3 aromatic rings. The Morgan fingerprint density at radius 3 is 2.52 bits per heavy atom. The van der Waals surface area contributed by atoms with E-state index in [4.69, 9.17) is 16.6 Å². The average molecular weight is 525 g/mol. The highest BCUT2D eigenvalue weighted by atomic mass is 35.5. The molecular formula is C22H25ClN4O3S3. The van der Waals surface area contributed by atoms with E-state index in [0.29, 0.717) is 49.9 Å². The normalized spacial score (nSPS) is 20.2. The minimum atomic E-state index is -3.73. The van der Waals surface area contributed by atoms with E-state index in [-0.39, 0.29) is 10.1 Å². The van der Waals surface area contributed by atoms with Crippen molar-refractivity contribution in [3.63, 3.8) is 0 Å². The van der Waals surface area contributed by atoms with Crippen LogP contribution in [0.1, 0.15) is 24.0 Å². The molecule has 0 radical (unpaired) electrons. The molecule has 0 aliphatic carbocycles. The van der Waals surface area contributed by atoms with Crippen LogP contribution in [-0.4, -0.2) is 67.3 Å². The number of aromatic nitrogens is 1. The first-order chi connectivity index (χ1) is 15.8. The van der Waals surface area contributed by atoms with Gasteiger partial charge in [-0.25, -0.2) is 13.4 Å². The minimum absolute atomic E-state index is 0.103. The van der Waals surface area contributed by atoms with Gasteiger partial charge in [-0.05, 0) is 56.0 Å². The summed E-state index contributed by atoms with van der Waals surface area (Å²) in [5.74, 6) is -0.103. The van der Waals surface area contributed by atoms with Crippen molar-refractivity contribution in [3.05, 3.63) is 39.7 Å². The van der Waals surface area contributed by atoms with Crippen LogP contribution in [-0.2, 0) is 14.8 Å². The second kappa shape index (κ2) is 8.81. The summed E-state index contributed by atoms with van der Waals surface area (Å²) in [6.07, 6.45) is 1.23. The number of benzene rings is 1. The van der Waals surface area contributed by atoms with Crippen LogP contribution >= 0.6 is 34.3 Å². The molecule has 2 saturated heterocycles. The van der Waals surface area contributed by atoms with Gasteiger partial charge in [-0.2, -0.15) is 4.31 Å². The van der Waals surface area contributed by atoms with Crippen LogP contribution < -0.4 is 4.90 Å². The lowest BCUT2D eigenvalue weighted by Gasteiger charge is -2.37. The number of thiazole rings is 1. The fraction of sp³-hybridized carbons (Fsp3) is 0.455. The number of carbonyl (C=O) groups is 1. The third-order valence-electron chi connectivity index (χ3n) is 6.54. The Labute approximate surface area is 206 Å². The Kier molecular flexibility index (Phi) is 6.15. The maximum Gasteiger partial charge on any atom is 0.253 e. The Hall–Kier alpha value is -1.72. The summed E-state index contributed by atoms with van der Waals surface area (Å²) in [6.45, 7) is 7.04. The highest BCUT2D eigenvalue weighted by Crippen LogP contribution is 2.34. The van der Waals surface area contributed by atoms with E-state index < -0.39 is 16.1 Å². The zero-order valence-electron chi connectivity index (χ0n) is 18.5. The number of hydrogen-bond acceptors (Lipinski definition) is 7. The number of nitrogens with zero attached hydrogens (tertiary/aromatic N) is 4. The molecule has 2 aliphatic rings. The molecular weight excluding hydrogens is 500 g/mol. The van der Waals surface area contributed by atoms with Crippen LogP contribution in [0, 0.1) is 13.8 Å². The molecule has 1 aromatic carbocycles. The molecule has 0 spiro atoms. The van der Waals surface area contributed by atoms with Crippen molar-refractivity contribution in [2.75, 3.05) is 37.6 Å². The molecule has 2 aliphatic heterocycles. The van der Waals surface area contributed by atoms with E-state index in [9.17, 15) is 13.2 Å². The van der Waals surface area contributed by atoms with E-state index >= 15 is 0 Å². The van der Waals surface area contributed by atoms with Gasteiger partial charge in [0.15, 0.2) is 5.13 Å². The smallest absolute Gasteiger partial charge is 0.253 e. The maximum atomic E-state index is 13.3. The van der Waals surface area contributed by atoms with Gasteiger partial charge in [0.05, 0.1) is 14.6 Å². The average Bonchev–Trinajstić information content (AvgIpc) is 3.55. The van der Waals surface area contributed by atoms with Crippen LogP contribution in [0.4, 0.5) is 5.13 Å². The molecule has 1 atom stereocenters. The van der Waals surface area contributed by atoms with Crippen LogP contribution in [0.3, 0.4) is 0 Å². The van der Waals surface area contributed by atoms with Crippen molar-refractivity contribution in [1.82, 2.24) is 14.2 Å². The molecule has 2 fully saturated rings. The number of halogens is 1. The van der Waals surface area contributed by atoms with Gasteiger partial charge in [0.25, 0.3) is 10.0 Å². The summed E-state index contributed by atoms with van der Waals surface area (Å²) < 4.78 is 29.4. The quantitative estimate of drug-likeness (QED) is 0.513. The fourth-order valence-electron chi connectivity index (χ4n) is 4.50. The van der Waals surface area contributed by atoms with Crippen LogP contribution in [0.2, 0.25) is 4.34 Å². The predicted octanol–water partition coefficient (Wildman–Crippen LogP) is 4.13. The topological polar surface area (TPSA) is 73.8 Å². The molecule has 5 rings (SSSR count). The van der Waals surface area contributed by atoms with E-state index in [1.807, 2.05) is 0 Å². The van der Waals surface area contributed by atoms with Crippen molar-refractivity contribution >= 4 is 65.6 Å². The number of thiophene rings is 1. The molecule has 0 unspecified atom stereocenters. The van der Waals surface area contributed by atoms with Gasteiger partial charge in [-0.1, -0.05) is 29.0 Å². The van der Waals surface area contributed by atoms with Gasteiger partial charge < -0.3 is 9.80 Å². The first-order valence-electron chi connectivity index (χ1n) is 10.9. The fourth-order valence-corrected chi connectivity index (χ4v) is 8.84.